The Hall–Kier alpha value is -4.17. The minimum Gasteiger partial charge on any atom is -0.497 e. The number of nitro benzene ring substituents is 1. The molecule has 10 nitrogen and oxygen atoms in total. The average Bonchev–Trinajstić information content (AvgIpc) is 3.00. The lowest BCUT2D eigenvalue weighted by molar-refractivity contribution is -0.384. The summed E-state index contributed by atoms with van der Waals surface area (Å²) in [6, 6.07) is 16.1. The maximum atomic E-state index is 11.5. The molecule has 2 aliphatic rings. The number of nitrogens with one attached hydrogen (secondary N) is 1. The van der Waals surface area contributed by atoms with Gasteiger partial charge in [0.1, 0.15) is 16.9 Å². The van der Waals surface area contributed by atoms with Crippen molar-refractivity contribution in [1.82, 2.24) is 0 Å². The molecule has 170 valence electrons. The van der Waals surface area contributed by atoms with Gasteiger partial charge in [0.15, 0.2) is 5.41 Å². The lowest BCUT2D eigenvalue weighted by Crippen LogP contribution is -2.57. The van der Waals surface area contributed by atoms with Crippen LogP contribution in [0.15, 0.2) is 42.5 Å². The molecule has 2 fully saturated rings. The molecule has 2 saturated heterocycles. The monoisotopic (exact) mass is 477 g/mol. The fourth-order valence-corrected chi connectivity index (χ4v) is 5.01. The van der Waals surface area contributed by atoms with Gasteiger partial charge in [-0.1, -0.05) is 24.6 Å². The predicted molar refractivity (Wildman–Crippen MR) is 116 cm³/mol. The molecule has 2 bridgehead atoms. The molecule has 2 heterocycles. The van der Waals surface area contributed by atoms with Crippen LogP contribution in [0.3, 0.4) is 0 Å². The van der Waals surface area contributed by atoms with Crippen LogP contribution >= 0.6 is 11.6 Å². The van der Waals surface area contributed by atoms with E-state index < -0.39 is 45.1 Å². The first-order chi connectivity index (χ1) is 16.2. The van der Waals surface area contributed by atoms with Crippen LogP contribution in [0.25, 0.3) is 0 Å². The summed E-state index contributed by atoms with van der Waals surface area (Å²) in [4.78, 5) is 10.8. The van der Waals surface area contributed by atoms with Crippen molar-refractivity contribution in [2.75, 3.05) is 7.11 Å². The van der Waals surface area contributed by atoms with Gasteiger partial charge in [0.05, 0.1) is 36.2 Å². The highest BCUT2D eigenvalue weighted by Crippen LogP contribution is 2.69. The van der Waals surface area contributed by atoms with Gasteiger partial charge in [-0.25, -0.2) is 0 Å². The van der Waals surface area contributed by atoms with Crippen molar-refractivity contribution in [2.45, 2.75) is 18.8 Å². The van der Waals surface area contributed by atoms with Gasteiger partial charge in [-0.05, 0) is 35.9 Å². The Morgan fingerprint density at radius 1 is 1.15 bits per heavy atom. The van der Waals surface area contributed by atoms with Gasteiger partial charge in [0, 0.05) is 11.6 Å². The van der Waals surface area contributed by atoms with Gasteiger partial charge in [0.2, 0.25) is 17.1 Å². The zero-order valence-electron chi connectivity index (χ0n) is 17.9. The Balaban J connectivity index is 2.02. The van der Waals surface area contributed by atoms with Crippen molar-refractivity contribution < 1.29 is 19.1 Å². The Morgan fingerprint density at radius 2 is 1.79 bits per heavy atom. The SMILES string of the molecule is COc1ccc(C23OC(=N)C(C#N)(C2C)C(C#N)(C#N)C(c2ccc(Cl)c([N+](=O)[O-])c2)O3)cc1. The molecule has 2 aromatic rings. The van der Waals surface area contributed by atoms with E-state index in [1.54, 1.807) is 31.2 Å². The Bertz CT molecular complexity index is 1330. The minimum absolute atomic E-state index is 0.0712. The number of hydrogen-bond acceptors (Lipinski definition) is 9. The fraction of sp³-hybridized carbons (Fsp3) is 0.304. The first-order valence-corrected chi connectivity index (χ1v) is 10.3. The number of hydrogen-bond donors (Lipinski definition) is 1. The number of fused-ring (bicyclic) bond motifs is 2. The number of ether oxygens (including phenoxy) is 3. The van der Waals surface area contributed by atoms with Crippen molar-refractivity contribution in [3.63, 3.8) is 0 Å². The van der Waals surface area contributed by atoms with Crippen molar-refractivity contribution >= 4 is 23.2 Å². The van der Waals surface area contributed by atoms with Crippen LogP contribution in [0, 0.1) is 66.3 Å². The molecule has 11 heteroatoms. The summed E-state index contributed by atoms with van der Waals surface area (Å²) in [6.07, 6.45) is -1.49. The summed E-state index contributed by atoms with van der Waals surface area (Å²) >= 11 is 5.96. The highest BCUT2D eigenvalue weighted by molar-refractivity contribution is 6.32. The molecule has 34 heavy (non-hydrogen) atoms. The number of nitriles is 3. The third kappa shape index (κ3) is 2.66. The first-order valence-electron chi connectivity index (χ1n) is 9.95. The lowest BCUT2D eigenvalue weighted by atomic mass is 9.53. The molecule has 0 spiro atoms. The quantitative estimate of drug-likeness (QED) is 0.500. The summed E-state index contributed by atoms with van der Waals surface area (Å²) in [6.45, 7) is 1.57. The third-order valence-corrected chi connectivity index (χ3v) is 6.95. The van der Waals surface area contributed by atoms with E-state index in [-0.39, 0.29) is 10.6 Å². The van der Waals surface area contributed by atoms with E-state index in [2.05, 4.69) is 0 Å². The largest absolute Gasteiger partial charge is 0.497 e. The third-order valence-electron chi connectivity index (χ3n) is 6.63. The number of halogens is 1. The summed E-state index contributed by atoms with van der Waals surface area (Å²) in [5, 5.41) is 50.8. The molecule has 0 saturated carbocycles. The van der Waals surface area contributed by atoms with Crippen LogP contribution < -0.4 is 4.74 Å². The Labute approximate surface area is 199 Å². The van der Waals surface area contributed by atoms with Gasteiger partial charge >= 0.3 is 0 Å². The van der Waals surface area contributed by atoms with Gasteiger partial charge in [0.25, 0.3) is 5.69 Å². The number of methoxy groups -OCH3 is 1. The summed E-state index contributed by atoms with van der Waals surface area (Å²) < 4.78 is 17.4. The highest BCUT2D eigenvalue weighted by Gasteiger charge is 2.79. The molecule has 0 aliphatic carbocycles. The summed E-state index contributed by atoms with van der Waals surface area (Å²) in [5.41, 5.74) is -4.26. The van der Waals surface area contributed by atoms with Crippen molar-refractivity contribution in [1.29, 1.82) is 21.2 Å². The van der Waals surface area contributed by atoms with Gasteiger partial charge in [-0.2, -0.15) is 15.8 Å². The first kappa shape index (κ1) is 23.0. The van der Waals surface area contributed by atoms with Gasteiger partial charge in [-0.15, -0.1) is 0 Å². The van der Waals surface area contributed by atoms with Crippen molar-refractivity contribution in [3.05, 3.63) is 68.7 Å². The lowest BCUT2D eigenvalue weighted by Gasteiger charge is -2.48. The zero-order valence-corrected chi connectivity index (χ0v) is 18.7. The highest BCUT2D eigenvalue weighted by atomic mass is 35.5. The van der Waals surface area contributed by atoms with Gasteiger partial charge < -0.3 is 14.2 Å². The second-order valence-electron chi connectivity index (χ2n) is 7.97. The van der Waals surface area contributed by atoms with E-state index in [9.17, 15) is 25.9 Å². The molecular weight excluding hydrogens is 462 g/mol. The van der Waals surface area contributed by atoms with Gasteiger partial charge in [-0.3, -0.25) is 15.5 Å². The maximum Gasteiger partial charge on any atom is 0.288 e. The van der Waals surface area contributed by atoms with Crippen LogP contribution in [0.1, 0.15) is 24.2 Å². The molecule has 0 radical (unpaired) electrons. The van der Waals surface area contributed by atoms with Crippen LogP contribution in [-0.4, -0.2) is 17.9 Å². The Kier molecular flexibility index (Phi) is 5.21. The Morgan fingerprint density at radius 3 is 2.32 bits per heavy atom. The normalized spacial score (nSPS) is 28.6. The number of rotatable bonds is 4. The van der Waals surface area contributed by atoms with E-state index in [0.717, 1.165) is 6.07 Å². The van der Waals surface area contributed by atoms with Crippen LogP contribution in [0.5, 0.6) is 5.75 Å². The second kappa shape index (κ2) is 7.71. The smallest absolute Gasteiger partial charge is 0.288 e. The van der Waals surface area contributed by atoms with Crippen LogP contribution in [-0.2, 0) is 15.3 Å². The number of benzene rings is 2. The predicted octanol–water partition coefficient (Wildman–Crippen LogP) is 4.37. The average molecular weight is 478 g/mol. The molecule has 4 atom stereocenters. The molecule has 2 aromatic carbocycles. The fourth-order valence-electron chi connectivity index (χ4n) is 4.82. The van der Waals surface area contributed by atoms with E-state index >= 15 is 0 Å². The zero-order chi connectivity index (χ0) is 24.9. The maximum absolute atomic E-state index is 11.5. The molecule has 4 unspecified atom stereocenters. The van der Waals surface area contributed by atoms with E-state index in [1.807, 2.05) is 18.2 Å². The molecule has 2 aliphatic heterocycles. The van der Waals surface area contributed by atoms with Crippen LogP contribution in [0.2, 0.25) is 5.02 Å². The molecule has 0 amide bonds. The van der Waals surface area contributed by atoms with E-state index in [1.165, 1.54) is 19.2 Å². The van der Waals surface area contributed by atoms with E-state index in [0.29, 0.717) is 11.3 Å². The van der Waals surface area contributed by atoms with Crippen LogP contribution in [0.4, 0.5) is 5.69 Å². The number of nitrogens with zero attached hydrogens (tertiary/aromatic N) is 4. The van der Waals surface area contributed by atoms with Crippen molar-refractivity contribution in [2.24, 2.45) is 16.7 Å². The number of nitro groups is 1. The standard InChI is InChI=1S/C23H16ClN5O5/c1-13-22(12-27)20(28)34-23(13,15-4-6-16(32-2)7-5-15)33-19(21(22,10-25)11-26)14-3-8-17(24)18(9-14)29(30)31/h3-9,13,19,28H,1-2H3. The summed E-state index contributed by atoms with van der Waals surface area (Å²) in [7, 11) is 1.49. The molecule has 4 rings (SSSR count). The second-order valence-corrected chi connectivity index (χ2v) is 8.37. The molecule has 1 N–H and O–H groups in total. The molecule has 0 aromatic heterocycles. The van der Waals surface area contributed by atoms with Crippen molar-refractivity contribution in [3.8, 4) is 24.0 Å². The molecular formula is C23H16ClN5O5. The topological polar surface area (TPSA) is 166 Å². The summed E-state index contributed by atoms with van der Waals surface area (Å²) in [5.74, 6) is -2.75. The minimum atomic E-state index is -2.26. The van der Waals surface area contributed by atoms with E-state index in [4.69, 9.17) is 31.2 Å².